The van der Waals surface area contributed by atoms with Crippen LogP contribution in [-0.2, 0) is 14.8 Å². The van der Waals surface area contributed by atoms with Crippen molar-refractivity contribution in [3.8, 4) is 5.75 Å². The summed E-state index contributed by atoms with van der Waals surface area (Å²) < 4.78 is 33.3. The van der Waals surface area contributed by atoms with Crippen LogP contribution < -0.4 is 9.46 Å². The molecule has 0 aliphatic rings. The van der Waals surface area contributed by atoms with Crippen molar-refractivity contribution in [2.75, 3.05) is 11.8 Å². The maximum absolute atomic E-state index is 12.8. The van der Waals surface area contributed by atoms with E-state index >= 15 is 0 Å². The van der Waals surface area contributed by atoms with Gasteiger partial charge in [0.25, 0.3) is 10.0 Å². The summed E-state index contributed by atoms with van der Waals surface area (Å²) in [5.41, 5.74) is 2.63. The van der Waals surface area contributed by atoms with Crippen molar-refractivity contribution in [2.24, 2.45) is 0 Å². The van der Waals surface area contributed by atoms with Crippen molar-refractivity contribution in [3.63, 3.8) is 0 Å². The van der Waals surface area contributed by atoms with E-state index in [4.69, 9.17) is 9.84 Å². The predicted molar refractivity (Wildman–Crippen MR) is 96.4 cm³/mol. The van der Waals surface area contributed by atoms with Crippen LogP contribution >= 0.6 is 0 Å². The summed E-state index contributed by atoms with van der Waals surface area (Å²) in [6, 6.07) is 9.90. The number of carboxylic acids is 1. The summed E-state index contributed by atoms with van der Waals surface area (Å²) in [4.78, 5) is 10.6. The van der Waals surface area contributed by atoms with E-state index in [0.29, 0.717) is 11.3 Å². The molecule has 0 amide bonds. The van der Waals surface area contributed by atoms with E-state index in [9.17, 15) is 13.2 Å². The first-order valence-electron chi connectivity index (χ1n) is 7.42. The van der Waals surface area contributed by atoms with Crippen molar-refractivity contribution >= 4 is 27.8 Å². The number of anilines is 1. The summed E-state index contributed by atoms with van der Waals surface area (Å²) in [7, 11) is -2.54. The molecule has 2 aromatic rings. The molecule has 25 heavy (non-hydrogen) atoms. The van der Waals surface area contributed by atoms with Crippen molar-refractivity contribution < 1.29 is 23.1 Å². The molecule has 0 unspecified atom stereocenters. The van der Waals surface area contributed by atoms with E-state index in [0.717, 1.165) is 17.2 Å². The molecular weight excluding hydrogens is 342 g/mol. The van der Waals surface area contributed by atoms with Gasteiger partial charge in [0.05, 0.1) is 12.8 Å². The van der Waals surface area contributed by atoms with E-state index in [-0.39, 0.29) is 10.6 Å². The van der Waals surface area contributed by atoms with Crippen LogP contribution in [0.2, 0.25) is 0 Å². The van der Waals surface area contributed by atoms with Crippen LogP contribution in [0.1, 0.15) is 16.7 Å². The molecule has 0 saturated heterocycles. The van der Waals surface area contributed by atoms with Crippen molar-refractivity contribution in [1.29, 1.82) is 0 Å². The first-order valence-corrected chi connectivity index (χ1v) is 8.90. The van der Waals surface area contributed by atoms with Crippen molar-refractivity contribution in [2.45, 2.75) is 18.7 Å². The zero-order valence-electron chi connectivity index (χ0n) is 14.1. The van der Waals surface area contributed by atoms with Gasteiger partial charge >= 0.3 is 5.97 Å². The number of carbonyl (C=O) groups is 1. The molecule has 0 spiro atoms. The largest absolute Gasteiger partial charge is 0.495 e. The van der Waals surface area contributed by atoms with Gasteiger partial charge in [-0.2, -0.15) is 0 Å². The molecule has 0 bridgehead atoms. The Morgan fingerprint density at radius 3 is 2.52 bits per heavy atom. The van der Waals surface area contributed by atoms with Gasteiger partial charge in [0.2, 0.25) is 0 Å². The van der Waals surface area contributed by atoms with Gasteiger partial charge in [-0.3, -0.25) is 4.72 Å². The Labute approximate surface area is 146 Å². The van der Waals surface area contributed by atoms with E-state index in [1.807, 2.05) is 19.1 Å². The van der Waals surface area contributed by atoms with Crippen LogP contribution in [-0.4, -0.2) is 26.6 Å². The molecule has 0 aliphatic heterocycles. The topological polar surface area (TPSA) is 92.7 Å². The fourth-order valence-electron chi connectivity index (χ4n) is 2.22. The lowest BCUT2D eigenvalue weighted by molar-refractivity contribution is -0.131. The minimum absolute atomic E-state index is 0.0663. The van der Waals surface area contributed by atoms with Crippen LogP contribution in [0.5, 0.6) is 5.75 Å². The van der Waals surface area contributed by atoms with Crippen molar-refractivity contribution in [3.05, 3.63) is 59.2 Å². The van der Waals surface area contributed by atoms with Crippen LogP contribution in [0.4, 0.5) is 5.69 Å². The normalized spacial score (nSPS) is 11.5. The number of aliphatic carboxylic acids is 1. The molecule has 2 N–H and O–H groups in total. The minimum atomic E-state index is -3.91. The smallest absolute Gasteiger partial charge is 0.328 e. The summed E-state index contributed by atoms with van der Waals surface area (Å²) in [5, 5.41) is 8.71. The average Bonchev–Trinajstić information content (AvgIpc) is 2.55. The lowest BCUT2D eigenvalue weighted by atomic mass is 10.1. The number of hydrogen-bond acceptors (Lipinski definition) is 4. The lowest BCUT2D eigenvalue weighted by Gasteiger charge is -2.14. The summed E-state index contributed by atoms with van der Waals surface area (Å²) in [5.74, 6) is -0.945. The molecule has 7 heteroatoms. The molecule has 0 aromatic heterocycles. The fraction of sp³-hybridized carbons (Fsp3) is 0.167. The zero-order valence-corrected chi connectivity index (χ0v) is 14.9. The monoisotopic (exact) mass is 361 g/mol. The molecule has 0 fully saturated rings. The maximum Gasteiger partial charge on any atom is 0.328 e. The minimum Gasteiger partial charge on any atom is -0.495 e. The Bertz CT molecular complexity index is 932. The SMILES string of the molecule is COc1ccc(C=CC(=O)O)cc1S(=O)(=O)Nc1cc(C)ccc1C. The van der Waals surface area contributed by atoms with Crippen LogP contribution in [0.15, 0.2) is 47.4 Å². The number of aryl methyl sites for hydroxylation is 2. The number of methoxy groups -OCH3 is 1. The molecule has 2 rings (SSSR count). The standard InChI is InChI=1S/C18H19NO5S/c1-12-4-5-13(2)15(10-12)19-25(22,23)17-11-14(7-9-18(20)21)6-8-16(17)24-3/h4-11,19H,1-3H3,(H,20,21). The Kier molecular flexibility index (Phi) is 5.48. The molecule has 0 heterocycles. The molecule has 0 aliphatic carbocycles. The number of benzene rings is 2. The fourth-order valence-corrected chi connectivity index (χ4v) is 3.55. The van der Waals surface area contributed by atoms with Crippen molar-refractivity contribution in [1.82, 2.24) is 0 Å². The summed E-state index contributed by atoms with van der Waals surface area (Å²) in [6.07, 6.45) is 2.26. The first kappa shape index (κ1) is 18.5. The second kappa shape index (κ2) is 7.40. The number of hydrogen-bond donors (Lipinski definition) is 2. The van der Waals surface area contributed by atoms with Gasteiger partial charge < -0.3 is 9.84 Å². The van der Waals surface area contributed by atoms with Gasteiger partial charge in [-0.05, 0) is 54.8 Å². The second-order valence-electron chi connectivity index (χ2n) is 5.51. The molecule has 0 saturated carbocycles. The maximum atomic E-state index is 12.8. The van der Waals surface area contributed by atoms with Gasteiger partial charge in [-0.1, -0.05) is 18.2 Å². The van der Waals surface area contributed by atoms with E-state index in [1.54, 1.807) is 19.1 Å². The Balaban J connectivity index is 2.48. The highest BCUT2D eigenvalue weighted by Gasteiger charge is 2.21. The summed E-state index contributed by atoms with van der Waals surface area (Å²) >= 11 is 0. The highest BCUT2D eigenvalue weighted by Crippen LogP contribution is 2.28. The second-order valence-corrected chi connectivity index (χ2v) is 7.16. The molecule has 132 valence electrons. The highest BCUT2D eigenvalue weighted by molar-refractivity contribution is 7.92. The molecule has 0 radical (unpaired) electrons. The zero-order chi connectivity index (χ0) is 18.6. The van der Waals surface area contributed by atoms with Crippen LogP contribution in [0.3, 0.4) is 0 Å². The van der Waals surface area contributed by atoms with E-state index in [1.165, 1.54) is 25.3 Å². The third-order valence-electron chi connectivity index (χ3n) is 3.53. The van der Waals surface area contributed by atoms with Gasteiger partial charge in [-0.25, -0.2) is 13.2 Å². The average molecular weight is 361 g/mol. The van der Waals surface area contributed by atoms with E-state index < -0.39 is 16.0 Å². The lowest BCUT2D eigenvalue weighted by Crippen LogP contribution is -2.15. The summed E-state index contributed by atoms with van der Waals surface area (Å²) in [6.45, 7) is 3.68. The van der Waals surface area contributed by atoms with Gasteiger partial charge in [0.15, 0.2) is 0 Å². The number of carboxylic acid groups (broad SMARTS) is 1. The Morgan fingerprint density at radius 2 is 1.88 bits per heavy atom. The third-order valence-corrected chi connectivity index (χ3v) is 4.92. The number of rotatable bonds is 6. The van der Waals surface area contributed by atoms with Crippen LogP contribution in [0, 0.1) is 13.8 Å². The molecular formula is C18H19NO5S. The molecule has 2 aromatic carbocycles. The van der Waals surface area contributed by atoms with E-state index in [2.05, 4.69) is 4.72 Å². The van der Waals surface area contributed by atoms with Gasteiger partial charge in [-0.15, -0.1) is 0 Å². The quantitative estimate of drug-likeness (QED) is 0.771. The molecule has 6 nitrogen and oxygen atoms in total. The highest BCUT2D eigenvalue weighted by atomic mass is 32.2. The molecule has 0 atom stereocenters. The number of nitrogens with one attached hydrogen (secondary N) is 1. The van der Waals surface area contributed by atoms with Gasteiger partial charge in [0.1, 0.15) is 10.6 Å². The van der Waals surface area contributed by atoms with Gasteiger partial charge in [0, 0.05) is 6.08 Å². The number of ether oxygens (including phenoxy) is 1. The predicted octanol–water partition coefficient (Wildman–Crippen LogP) is 3.21. The van der Waals surface area contributed by atoms with Crippen LogP contribution in [0.25, 0.3) is 6.08 Å². The first-order chi connectivity index (χ1) is 11.7. The third kappa shape index (κ3) is 4.60. The Hall–Kier alpha value is -2.80. The number of sulfonamides is 1. The Morgan fingerprint density at radius 1 is 1.16 bits per heavy atom.